The van der Waals surface area contributed by atoms with Crippen molar-refractivity contribution in [2.45, 2.75) is 32.2 Å². The van der Waals surface area contributed by atoms with Crippen LogP contribution in [-0.2, 0) is 16.1 Å². The molecule has 2 aliphatic rings. The largest absolute Gasteiger partial charge is 0.486 e. The number of rotatable bonds is 6. The Hall–Kier alpha value is -2.51. The van der Waals surface area contributed by atoms with Crippen molar-refractivity contribution < 1.29 is 18.6 Å². The first-order valence-corrected chi connectivity index (χ1v) is 10.4. The van der Waals surface area contributed by atoms with E-state index in [1.807, 2.05) is 35.5 Å². The fourth-order valence-corrected chi connectivity index (χ4v) is 3.49. The van der Waals surface area contributed by atoms with Gasteiger partial charge < -0.3 is 14.2 Å². The summed E-state index contributed by atoms with van der Waals surface area (Å²) in [6.07, 6.45) is 6.67. The van der Waals surface area contributed by atoms with E-state index in [0.29, 0.717) is 12.4 Å². The molecule has 0 radical (unpaired) electrons. The zero-order valence-electron chi connectivity index (χ0n) is 15.8. The average molecular weight is 461 g/mol. The first-order chi connectivity index (χ1) is 14.2. The van der Waals surface area contributed by atoms with Crippen molar-refractivity contribution in [1.82, 2.24) is 5.43 Å². The van der Waals surface area contributed by atoms with Gasteiger partial charge in [0.1, 0.15) is 18.2 Å². The SMILES string of the molecule is Fc1ccc(COC2=CNN(c3ccc(OC4CCCCO4)cc3)C=C2Br)cc1. The van der Waals surface area contributed by atoms with Gasteiger partial charge in [-0.15, -0.1) is 0 Å². The molecule has 1 fully saturated rings. The monoisotopic (exact) mass is 460 g/mol. The van der Waals surface area contributed by atoms with Gasteiger partial charge in [0.05, 0.1) is 23.0 Å². The second-order valence-corrected chi connectivity index (χ2v) is 7.66. The lowest BCUT2D eigenvalue weighted by molar-refractivity contribution is -0.105. The van der Waals surface area contributed by atoms with Gasteiger partial charge in [-0.25, -0.2) is 4.39 Å². The molecule has 4 rings (SSSR count). The average Bonchev–Trinajstić information content (AvgIpc) is 2.75. The molecular formula is C22H22BrFN2O3. The molecule has 0 aromatic heterocycles. The Morgan fingerprint density at radius 3 is 2.59 bits per heavy atom. The van der Waals surface area contributed by atoms with E-state index in [-0.39, 0.29) is 12.1 Å². The van der Waals surface area contributed by atoms with E-state index in [0.717, 1.165) is 47.4 Å². The first kappa shape index (κ1) is 19.8. The number of hydrogen-bond donors (Lipinski definition) is 1. The van der Waals surface area contributed by atoms with Crippen molar-refractivity contribution >= 4 is 21.6 Å². The molecule has 1 atom stereocenters. The molecule has 7 heteroatoms. The number of hydrazine groups is 1. The molecule has 0 aliphatic carbocycles. The Morgan fingerprint density at radius 2 is 1.90 bits per heavy atom. The zero-order chi connectivity index (χ0) is 20.1. The number of halogens is 2. The minimum absolute atomic E-state index is 0.152. The van der Waals surface area contributed by atoms with Crippen molar-refractivity contribution in [3.05, 3.63) is 82.6 Å². The molecule has 0 amide bonds. The summed E-state index contributed by atoms with van der Waals surface area (Å²) in [6, 6.07) is 14.1. The number of nitrogens with zero attached hydrogens (tertiary/aromatic N) is 1. The zero-order valence-corrected chi connectivity index (χ0v) is 17.4. The van der Waals surface area contributed by atoms with Gasteiger partial charge in [-0.3, -0.25) is 10.4 Å². The van der Waals surface area contributed by atoms with Crippen molar-refractivity contribution in [2.75, 3.05) is 11.6 Å². The Kier molecular flexibility index (Phi) is 6.36. The van der Waals surface area contributed by atoms with Crippen LogP contribution in [0.4, 0.5) is 10.1 Å². The van der Waals surface area contributed by atoms with Crippen LogP contribution in [0.5, 0.6) is 5.75 Å². The molecule has 0 spiro atoms. The van der Waals surface area contributed by atoms with Crippen LogP contribution in [0.15, 0.2) is 71.2 Å². The van der Waals surface area contributed by atoms with Crippen LogP contribution in [0.1, 0.15) is 24.8 Å². The highest BCUT2D eigenvalue weighted by molar-refractivity contribution is 9.11. The fraction of sp³-hybridized carbons (Fsp3) is 0.273. The van der Waals surface area contributed by atoms with Crippen LogP contribution < -0.4 is 15.2 Å². The van der Waals surface area contributed by atoms with Gasteiger partial charge in [0.25, 0.3) is 0 Å². The lowest BCUT2D eigenvalue weighted by Gasteiger charge is -2.27. The van der Waals surface area contributed by atoms with E-state index in [4.69, 9.17) is 14.2 Å². The molecule has 0 saturated carbocycles. The van der Waals surface area contributed by atoms with Crippen molar-refractivity contribution in [3.63, 3.8) is 0 Å². The van der Waals surface area contributed by atoms with Gasteiger partial charge in [0.15, 0.2) is 12.0 Å². The highest BCUT2D eigenvalue weighted by atomic mass is 79.9. The van der Waals surface area contributed by atoms with E-state index in [1.54, 1.807) is 18.3 Å². The van der Waals surface area contributed by atoms with Gasteiger partial charge in [-0.1, -0.05) is 12.1 Å². The maximum Gasteiger partial charge on any atom is 0.199 e. The predicted molar refractivity (Wildman–Crippen MR) is 113 cm³/mol. The minimum Gasteiger partial charge on any atom is -0.486 e. The maximum atomic E-state index is 13.0. The number of nitrogens with one attached hydrogen (secondary N) is 1. The quantitative estimate of drug-likeness (QED) is 0.629. The summed E-state index contributed by atoms with van der Waals surface area (Å²) in [7, 11) is 0. The molecule has 2 aromatic carbocycles. The molecule has 1 unspecified atom stereocenters. The second kappa shape index (κ2) is 9.33. The lowest BCUT2D eigenvalue weighted by atomic mass is 10.2. The van der Waals surface area contributed by atoms with E-state index < -0.39 is 0 Å². The summed E-state index contributed by atoms with van der Waals surface area (Å²) in [5.74, 6) is 1.20. The summed E-state index contributed by atoms with van der Waals surface area (Å²) in [5.41, 5.74) is 5.02. The Balaban J connectivity index is 1.33. The minimum atomic E-state index is -0.258. The molecule has 5 nitrogen and oxygen atoms in total. The highest BCUT2D eigenvalue weighted by Crippen LogP contribution is 2.27. The summed E-state index contributed by atoms with van der Waals surface area (Å²) < 4.78 is 31.1. The van der Waals surface area contributed by atoms with Gasteiger partial charge in [0.2, 0.25) is 0 Å². The van der Waals surface area contributed by atoms with Crippen molar-refractivity contribution in [3.8, 4) is 5.75 Å². The molecule has 0 bridgehead atoms. The second-order valence-electron chi connectivity index (χ2n) is 6.81. The molecule has 1 N–H and O–H groups in total. The summed E-state index contributed by atoms with van der Waals surface area (Å²) in [5, 5.41) is 1.87. The Morgan fingerprint density at radius 1 is 1.10 bits per heavy atom. The topological polar surface area (TPSA) is 43.0 Å². The molecule has 2 aliphatic heterocycles. The van der Waals surface area contributed by atoms with Crippen LogP contribution in [0.25, 0.3) is 0 Å². The van der Waals surface area contributed by atoms with Gasteiger partial charge >= 0.3 is 0 Å². The van der Waals surface area contributed by atoms with Gasteiger partial charge in [0, 0.05) is 12.6 Å². The van der Waals surface area contributed by atoms with Crippen LogP contribution in [0, 0.1) is 5.82 Å². The smallest absolute Gasteiger partial charge is 0.199 e. The van der Waals surface area contributed by atoms with E-state index >= 15 is 0 Å². The summed E-state index contributed by atoms with van der Waals surface area (Å²) in [4.78, 5) is 0. The molecule has 2 aromatic rings. The molecular weight excluding hydrogens is 439 g/mol. The van der Waals surface area contributed by atoms with E-state index in [2.05, 4.69) is 21.4 Å². The molecule has 152 valence electrons. The molecule has 2 heterocycles. The summed E-state index contributed by atoms with van der Waals surface area (Å²) in [6.45, 7) is 1.11. The fourth-order valence-electron chi connectivity index (χ4n) is 3.05. The van der Waals surface area contributed by atoms with Gasteiger partial charge in [-0.05, 0) is 70.7 Å². The number of allylic oxidation sites excluding steroid dienone is 1. The third-order valence-electron chi connectivity index (χ3n) is 4.64. The predicted octanol–water partition coefficient (Wildman–Crippen LogP) is 5.35. The summed E-state index contributed by atoms with van der Waals surface area (Å²) >= 11 is 3.54. The Bertz CT molecular complexity index is 878. The number of benzene rings is 2. The standard InChI is InChI=1S/C22H22BrFN2O3/c23-20-14-26(25-13-21(20)28-15-16-4-6-17(24)7-5-16)18-8-10-19(11-9-18)29-22-3-1-2-12-27-22/h4-11,13-14,22,25H,1-3,12,15H2. The third-order valence-corrected chi connectivity index (χ3v) is 5.24. The normalized spacial score (nSPS) is 19.1. The lowest BCUT2D eigenvalue weighted by Crippen LogP contribution is -2.32. The number of hydrogen-bond acceptors (Lipinski definition) is 5. The Labute approximate surface area is 177 Å². The van der Waals surface area contributed by atoms with Crippen LogP contribution in [0.3, 0.4) is 0 Å². The maximum absolute atomic E-state index is 13.0. The number of anilines is 1. The molecule has 1 saturated heterocycles. The van der Waals surface area contributed by atoms with Crippen molar-refractivity contribution in [2.24, 2.45) is 0 Å². The number of ether oxygens (including phenoxy) is 3. The van der Waals surface area contributed by atoms with Gasteiger partial charge in [-0.2, -0.15) is 0 Å². The van der Waals surface area contributed by atoms with Crippen LogP contribution >= 0.6 is 15.9 Å². The highest BCUT2D eigenvalue weighted by Gasteiger charge is 2.16. The van der Waals surface area contributed by atoms with E-state index in [9.17, 15) is 4.39 Å². The van der Waals surface area contributed by atoms with Crippen molar-refractivity contribution in [1.29, 1.82) is 0 Å². The molecule has 29 heavy (non-hydrogen) atoms. The van der Waals surface area contributed by atoms with Crippen LogP contribution in [0.2, 0.25) is 0 Å². The van der Waals surface area contributed by atoms with E-state index in [1.165, 1.54) is 12.1 Å². The van der Waals surface area contributed by atoms with Crippen LogP contribution in [-0.4, -0.2) is 12.9 Å². The first-order valence-electron chi connectivity index (χ1n) is 9.56. The third kappa shape index (κ3) is 5.31.